The Hall–Kier alpha value is -1.56. The predicted octanol–water partition coefficient (Wildman–Crippen LogP) is 3.74. The summed E-state index contributed by atoms with van der Waals surface area (Å²) >= 11 is 7.73. The lowest BCUT2D eigenvalue weighted by atomic mass is 10.2. The van der Waals surface area contributed by atoms with Crippen molar-refractivity contribution in [3.63, 3.8) is 0 Å². The summed E-state index contributed by atoms with van der Waals surface area (Å²) in [5.74, 6) is 0. The lowest BCUT2D eigenvalue weighted by Gasteiger charge is -2.34. The molecule has 6 heteroatoms. The second-order valence-corrected chi connectivity index (χ2v) is 7.52. The molecule has 2 aromatic rings. The number of halogens is 1. The molecule has 3 rings (SSSR count). The van der Waals surface area contributed by atoms with E-state index in [1.807, 2.05) is 23.1 Å². The molecule has 1 saturated heterocycles. The Morgan fingerprint density at radius 1 is 1.25 bits per heavy atom. The van der Waals surface area contributed by atoms with Gasteiger partial charge in [-0.05, 0) is 41.6 Å². The summed E-state index contributed by atoms with van der Waals surface area (Å²) in [6.45, 7) is 6.86. The van der Waals surface area contributed by atoms with Crippen LogP contribution in [0.1, 0.15) is 16.0 Å². The molecular formula is C18H22ClN3OS. The summed E-state index contributed by atoms with van der Waals surface area (Å²) in [6, 6.07) is 10.1. The molecule has 1 aliphatic heterocycles. The van der Waals surface area contributed by atoms with E-state index < -0.39 is 0 Å². The average Bonchev–Trinajstić information content (AvgIpc) is 2.98. The normalized spacial score (nSPS) is 15.5. The van der Waals surface area contributed by atoms with Gasteiger partial charge in [-0.15, -0.1) is 11.3 Å². The van der Waals surface area contributed by atoms with Crippen molar-refractivity contribution in [3.05, 3.63) is 56.7 Å². The summed E-state index contributed by atoms with van der Waals surface area (Å²) in [5, 5.41) is 5.86. The maximum absolute atomic E-state index is 12.3. The fraction of sp³-hybridized carbons (Fsp3) is 0.389. The fourth-order valence-electron chi connectivity index (χ4n) is 2.86. The van der Waals surface area contributed by atoms with Crippen LogP contribution in [0.25, 0.3) is 0 Å². The number of thiophene rings is 1. The molecule has 1 aromatic heterocycles. The van der Waals surface area contributed by atoms with E-state index in [4.69, 9.17) is 11.6 Å². The van der Waals surface area contributed by atoms with Crippen molar-refractivity contribution in [3.8, 4) is 0 Å². The molecule has 2 heterocycles. The number of hydrogen-bond acceptors (Lipinski definition) is 3. The monoisotopic (exact) mass is 363 g/mol. The van der Waals surface area contributed by atoms with Crippen molar-refractivity contribution >= 4 is 29.0 Å². The SMILES string of the molecule is Cc1ccsc1CNC(=O)N1CCN(Cc2cccc(Cl)c2)CC1. The second kappa shape index (κ2) is 8.01. The van der Waals surface area contributed by atoms with Gasteiger partial charge in [0.25, 0.3) is 0 Å². The summed E-state index contributed by atoms with van der Waals surface area (Å²) in [6.07, 6.45) is 0. The van der Waals surface area contributed by atoms with Gasteiger partial charge in [0, 0.05) is 42.6 Å². The first-order valence-electron chi connectivity index (χ1n) is 8.14. The molecule has 0 aliphatic carbocycles. The molecule has 0 saturated carbocycles. The Labute approximate surface area is 152 Å². The highest BCUT2D eigenvalue weighted by Gasteiger charge is 2.21. The minimum Gasteiger partial charge on any atom is -0.333 e. The number of amides is 2. The van der Waals surface area contributed by atoms with Gasteiger partial charge in [-0.3, -0.25) is 4.90 Å². The molecule has 4 nitrogen and oxygen atoms in total. The Kier molecular flexibility index (Phi) is 5.76. The van der Waals surface area contributed by atoms with Gasteiger partial charge in [-0.1, -0.05) is 23.7 Å². The van der Waals surface area contributed by atoms with E-state index in [9.17, 15) is 4.79 Å². The van der Waals surface area contributed by atoms with Crippen molar-refractivity contribution in [2.24, 2.45) is 0 Å². The van der Waals surface area contributed by atoms with Gasteiger partial charge < -0.3 is 10.2 Å². The third-order valence-electron chi connectivity index (χ3n) is 4.32. The molecule has 0 bridgehead atoms. The van der Waals surface area contributed by atoms with Crippen LogP contribution >= 0.6 is 22.9 Å². The van der Waals surface area contributed by atoms with E-state index in [1.165, 1.54) is 16.0 Å². The summed E-state index contributed by atoms with van der Waals surface area (Å²) in [7, 11) is 0. The lowest BCUT2D eigenvalue weighted by molar-refractivity contribution is 0.135. The summed E-state index contributed by atoms with van der Waals surface area (Å²) in [5.41, 5.74) is 2.46. The van der Waals surface area contributed by atoms with Crippen LogP contribution in [0.15, 0.2) is 35.7 Å². The second-order valence-electron chi connectivity index (χ2n) is 6.08. The number of urea groups is 1. The van der Waals surface area contributed by atoms with Crippen molar-refractivity contribution in [2.45, 2.75) is 20.0 Å². The smallest absolute Gasteiger partial charge is 0.317 e. The highest BCUT2D eigenvalue weighted by atomic mass is 35.5. The molecule has 0 atom stereocenters. The first kappa shape index (κ1) is 17.3. The van der Waals surface area contributed by atoms with Gasteiger partial charge in [0.2, 0.25) is 0 Å². The molecule has 0 radical (unpaired) electrons. The van der Waals surface area contributed by atoms with Crippen LogP contribution in [0.4, 0.5) is 4.79 Å². The maximum atomic E-state index is 12.3. The number of nitrogens with zero attached hydrogens (tertiary/aromatic N) is 2. The van der Waals surface area contributed by atoms with Crippen LogP contribution in [0, 0.1) is 6.92 Å². The molecule has 128 valence electrons. The van der Waals surface area contributed by atoms with E-state index in [-0.39, 0.29) is 6.03 Å². The number of carbonyl (C=O) groups excluding carboxylic acids is 1. The summed E-state index contributed by atoms with van der Waals surface area (Å²) < 4.78 is 0. The highest BCUT2D eigenvalue weighted by Crippen LogP contribution is 2.16. The predicted molar refractivity (Wildman–Crippen MR) is 99.6 cm³/mol. The van der Waals surface area contributed by atoms with E-state index in [1.54, 1.807) is 11.3 Å². The molecule has 2 amide bonds. The Morgan fingerprint density at radius 2 is 2.04 bits per heavy atom. The number of piperazine rings is 1. The number of benzene rings is 1. The van der Waals surface area contributed by atoms with Crippen molar-refractivity contribution in [1.29, 1.82) is 0 Å². The zero-order valence-electron chi connectivity index (χ0n) is 13.8. The first-order valence-corrected chi connectivity index (χ1v) is 9.40. The number of aryl methyl sites for hydroxylation is 1. The third kappa shape index (κ3) is 4.50. The number of nitrogens with one attached hydrogen (secondary N) is 1. The van der Waals surface area contributed by atoms with E-state index in [0.717, 1.165) is 37.7 Å². The van der Waals surface area contributed by atoms with Crippen LogP contribution in [0.3, 0.4) is 0 Å². The van der Waals surface area contributed by atoms with Gasteiger partial charge in [-0.25, -0.2) is 4.79 Å². The molecule has 1 N–H and O–H groups in total. The van der Waals surface area contributed by atoms with Gasteiger partial charge in [0.1, 0.15) is 0 Å². The van der Waals surface area contributed by atoms with Crippen LogP contribution in [-0.2, 0) is 13.1 Å². The Morgan fingerprint density at radius 3 is 2.71 bits per heavy atom. The van der Waals surface area contributed by atoms with Crippen molar-refractivity contribution in [2.75, 3.05) is 26.2 Å². The fourth-order valence-corrected chi connectivity index (χ4v) is 3.91. The van der Waals surface area contributed by atoms with E-state index in [0.29, 0.717) is 6.54 Å². The van der Waals surface area contributed by atoms with Crippen LogP contribution in [0.2, 0.25) is 5.02 Å². The molecule has 1 aromatic carbocycles. The molecule has 0 spiro atoms. The van der Waals surface area contributed by atoms with Crippen LogP contribution < -0.4 is 5.32 Å². The van der Waals surface area contributed by atoms with E-state index >= 15 is 0 Å². The molecule has 1 fully saturated rings. The number of hydrogen-bond donors (Lipinski definition) is 1. The maximum Gasteiger partial charge on any atom is 0.317 e. The van der Waals surface area contributed by atoms with Gasteiger partial charge in [0.05, 0.1) is 6.54 Å². The minimum absolute atomic E-state index is 0.0326. The van der Waals surface area contributed by atoms with Crippen molar-refractivity contribution < 1.29 is 4.79 Å². The molecule has 1 aliphatic rings. The molecular weight excluding hydrogens is 342 g/mol. The first-order chi connectivity index (χ1) is 11.6. The lowest BCUT2D eigenvalue weighted by Crippen LogP contribution is -2.51. The molecule has 24 heavy (non-hydrogen) atoms. The van der Waals surface area contributed by atoms with E-state index in [2.05, 4.69) is 34.7 Å². The standard InChI is InChI=1S/C18H22ClN3OS/c1-14-5-10-24-17(14)12-20-18(23)22-8-6-21(7-9-22)13-15-3-2-4-16(19)11-15/h2-5,10-11H,6-9,12-13H2,1H3,(H,20,23). The van der Waals surface area contributed by atoms with Gasteiger partial charge >= 0.3 is 6.03 Å². The number of carbonyl (C=O) groups is 1. The zero-order valence-corrected chi connectivity index (χ0v) is 15.4. The quantitative estimate of drug-likeness (QED) is 0.898. The van der Waals surface area contributed by atoms with Gasteiger partial charge in [0.15, 0.2) is 0 Å². The minimum atomic E-state index is 0.0326. The molecule has 0 unspecified atom stereocenters. The zero-order chi connectivity index (χ0) is 16.9. The topological polar surface area (TPSA) is 35.6 Å². The third-order valence-corrected chi connectivity index (χ3v) is 5.58. The Balaban J connectivity index is 1.44. The Bertz CT molecular complexity index is 695. The largest absolute Gasteiger partial charge is 0.333 e. The van der Waals surface area contributed by atoms with Gasteiger partial charge in [-0.2, -0.15) is 0 Å². The average molecular weight is 364 g/mol. The van der Waals surface area contributed by atoms with Crippen LogP contribution in [0.5, 0.6) is 0 Å². The summed E-state index contributed by atoms with van der Waals surface area (Å²) in [4.78, 5) is 17.8. The number of rotatable bonds is 4. The van der Waals surface area contributed by atoms with Crippen molar-refractivity contribution in [1.82, 2.24) is 15.1 Å². The highest BCUT2D eigenvalue weighted by molar-refractivity contribution is 7.10. The van der Waals surface area contributed by atoms with Crippen LogP contribution in [-0.4, -0.2) is 42.0 Å².